The van der Waals surface area contributed by atoms with E-state index in [9.17, 15) is 4.79 Å². The van der Waals surface area contributed by atoms with Gasteiger partial charge in [0, 0.05) is 30.1 Å². The van der Waals surface area contributed by atoms with E-state index in [2.05, 4.69) is 4.98 Å². The largest absolute Gasteiger partial charge is 0.287 e. The Morgan fingerprint density at radius 1 is 1.19 bits per heavy atom. The second-order valence-corrected chi connectivity index (χ2v) is 3.21. The molecule has 0 bridgehead atoms. The molecule has 0 saturated heterocycles. The van der Waals surface area contributed by atoms with Crippen LogP contribution in [0.4, 0.5) is 0 Å². The second-order valence-electron chi connectivity index (χ2n) is 3.21. The number of halogens is 1. The Bertz CT molecular complexity index is 445. The fourth-order valence-corrected chi connectivity index (χ4v) is 1.32. The van der Waals surface area contributed by atoms with Crippen molar-refractivity contribution in [3.8, 4) is 0 Å². The number of hydrogen-bond acceptors (Lipinski definition) is 2. The molecule has 0 aliphatic rings. The molecule has 0 aromatic carbocycles. The Labute approximate surface area is 111 Å². The third-order valence-corrected chi connectivity index (χ3v) is 2.09. The second kappa shape index (κ2) is 6.32. The van der Waals surface area contributed by atoms with Crippen LogP contribution in [0.1, 0.15) is 10.4 Å². The van der Waals surface area contributed by atoms with Gasteiger partial charge in [0.25, 0.3) is 0 Å². The fraction of sp³-hybridized carbons (Fsp3) is 0.0833. The summed E-state index contributed by atoms with van der Waals surface area (Å²) in [7, 11) is 0. The summed E-state index contributed by atoms with van der Waals surface area (Å²) < 4.78 is 1.84. The molecule has 4 heteroatoms. The van der Waals surface area contributed by atoms with Crippen LogP contribution in [0, 0.1) is 0 Å². The Morgan fingerprint density at radius 2 is 1.94 bits per heavy atom. The van der Waals surface area contributed by atoms with Gasteiger partial charge in [-0.25, -0.2) is 0 Å². The Hall–Kier alpha value is -1.30. The zero-order valence-corrected chi connectivity index (χ0v) is 10.9. The van der Waals surface area contributed by atoms with Crippen molar-refractivity contribution < 1.29 is 9.36 Å². The first-order valence-corrected chi connectivity index (χ1v) is 4.73. The van der Waals surface area contributed by atoms with Gasteiger partial charge in [0.05, 0.1) is 0 Å². The van der Waals surface area contributed by atoms with Gasteiger partial charge >= 0.3 is 0 Å². The molecule has 0 N–H and O–H groups in total. The van der Waals surface area contributed by atoms with Crippen LogP contribution >= 0.6 is 24.0 Å². The van der Waals surface area contributed by atoms with E-state index < -0.39 is 0 Å². The zero-order valence-electron chi connectivity index (χ0n) is 8.61. The topological polar surface area (TPSA) is 33.8 Å². The lowest BCUT2D eigenvalue weighted by Crippen LogP contribution is -2.36. The van der Waals surface area contributed by atoms with Crippen molar-refractivity contribution in [1.29, 1.82) is 0 Å². The molecule has 0 fully saturated rings. The summed E-state index contributed by atoms with van der Waals surface area (Å²) in [6, 6.07) is 9.26. The van der Waals surface area contributed by atoms with Crippen molar-refractivity contribution in [2.75, 3.05) is 0 Å². The SMILES string of the molecule is I.O=C(C[n+]1ccccc1)c1cccnc1. The first kappa shape index (κ1) is 12.8. The van der Waals surface area contributed by atoms with Crippen molar-refractivity contribution in [2.24, 2.45) is 0 Å². The minimum Gasteiger partial charge on any atom is -0.287 e. The van der Waals surface area contributed by atoms with E-state index in [1.165, 1.54) is 0 Å². The molecule has 3 nitrogen and oxygen atoms in total. The van der Waals surface area contributed by atoms with Crippen LogP contribution in [0.2, 0.25) is 0 Å². The summed E-state index contributed by atoms with van der Waals surface area (Å²) in [5, 5.41) is 0. The summed E-state index contributed by atoms with van der Waals surface area (Å²) >= 11 is 0. The summed E-state index contributed by atoms with van der Waals surface area (Å²) in [5.41, 5.74) is 0.647. The van der Waals surface area contributed by atoms with Gasteiger partial charge in [-0.15, -0.1) is 24.0 Å². The molecule has 0 spiro atoms. The van der Waals surface area contributed by atoms with Gasteiger partial charge < -0.3 is 0 Å². The maximum Gasteiger partial charge on any atom is 0.229 e. The van der Waals surface area contributed by atoms with Crippen molar-refractivity contribution in [3.63, 3.8) is 0 Å². The Balaban J connectivity index is 0.00000128. The van der Waals surface area contributed by atoms with E-state index in [0.717, 1.165) is 0 Å². The molecule has 82 valence electrons. The van der Waals surface area contributed by atoms with Crippen molar-refractivity contribution in [1.82, 2.24) is 4.98 Å². The number of nitrogens with zero attached hydrogens (tertiary/aromatic N) is 2. The molecule has 0 radical (unpaired) electrons. The average Bonchev–Trinajstić information content (AvgIpc) is 2.31. The van der Waals surface area contributed by atoms with Gasteiger partial charge in [-0.3, -0.25) is 9.78 Å². The molecule has 0 unspecified atom stereocenters. The molecule has 2 aromatic heterocycles. The molecule has 2 heterocycles. The first-order chi connectivity index (χ1) is 7.36. The number of rotatable bonds is 3. The minimum absolute atomic E-state index is 0. The molecule has 0 amide bonds. The quantitative estimate of drug-likeness (QED) is 0.490. The summed E-state index contributed by atoms with van der Waals surface area (Å²) in [6.45, 7) is 0.354. The number of Topliss-reactive ketones (excluding diaryl/α,β-unsaturated/α-hetero) is 1. The molecular formula is C12H12IN2O+. The van der Waals surface area contributed by atoms with Crippen LogP contribution in [-0.2, 0) is 6.54 Å². The summed E-state index contributed by atoms with van der Waals surface area (Å²) in [4.78, 5) is 15.7. The molecular weight excluding hydrogens is 315 g/mol. The normalized spacial score (nSPS) is 9.25. The zero-order chi connectivity index (χ0) is 10.5. The van der Waals surface area contributed by atoms with Gasteiger partial charge in [-0.1, -0.05) is 6.07 Å². The van der Waals surface area contributed by atoms with E-state index in [1.54, 1.807) is 24.5 Å². The monoisotopic (exact) mass is 327 g/mol. The molecule has 2 rings (SSSR count). The van der Waals surface area contributed by atoms with E-state index >= 15 is 0 Å². The van der Waals surface area contributed by atoms with Crippen LogP contribution in [0.5, 0.6) is 0 Å². The van der Waals surface area contributed by atoms with Gasteiger partial charge in [0.15, 0.2) is 12.4 Å². The van der Waals surface area contributed by atoms with Crippen molar-refractivity contribution >= 4 is 29.8 Å². The van der Waals surface area contributed by atoms with Crippen LogP contribution in [0.25, 0.3) is 0 Å². The summed E-state index contributed by atoms with van der Waals surface area (Å²) in [6.07, 6.45) is 6.99. The van der Waals surface area contributed by atoms with Gasteiger partial charge in [-0.2, -0.15) is 4.57 Å². The first-order valence-electron chi connectivity index (χ1n) is 4.73. The van der Waals surface area contributed by atoms with Crippen LogP contribution < -0.4 is 4.57 Å². The lowest BCUT2D eigenvalue weighted by molar-refractivity contribution is -0.683. The molecule has 0 saturated carbocycles. The van der Waals surface area contributed by atoms with Gasteiger partial charge in [-0.05, 0) is 12.1 Å². The lowest BCUT2D eigenvalue weighted by atomic mass is 10.2. The third-order valence-electron chi connectivity index (χ3n) is 2.09. The lowest BCUT2D eigenvalue weighted by Gasteiger charge is -1.96. The smallest absolute Gasteiger partial charge is 0.229 e. The average molecular weight is 327 g/mol. The maximum absolute atomic E-state index is 11.8. The standard InChI is InChI=1S/C12H11N2O.HI/c15-12(11-5-4-6-13-9-11)10-14-7-2-1-3-8-14;/h1-9H,10H2;1H/q+1;. The highest BCUT2D eigenvalue weighted by Gasteiger charge is 2.10. The summed E-state index contributed by atoms with van der Waals surface area (Å²) in [5.74, 6) is 0.0688. The number of carbonyl (C=O) groups is 1. The predicted molar refractivity (Wildman–Crippen MR) is 70.6 cm³/mol. The molecule has 0 atom stereocenters. The third kappa shape index (κ3) is 3.37. The Kier molecular flexibility index (Phi) is 5.04. The maximum atomic E-state index is 11.8. The molecule has 2 aromatic rings. The number of ketones is 1. The van der Waals surface area contributed by atoms with Gasteiger partial charge in [0.2, 0.25) is 12.3 Å². The van der Waals surface area contributed by atoms with Crippen LogP contribution in [0.15, 0.2) is 55.1 Å². The van der Waals surface area contributed by atoms with Crippen molar-refractivity contribution in [2.45, 2.75) is 6.54 Å². The highest BCUT2D eigenvalue weighted by molar-refractivity contribution is 14.0. The minimum atomic E-state index is 0. The Morgan fingerprint density at radius 3 is 2.56 bits per heavy atom. The molecule has 0 aliphatic carbocycles. The fourth-order valence-electron chi connectivity index (χ4n) is 1.32. The molecule has 16 heavy (non-hydrogen) atoms. The number of pyridine rings is 2. The van der Waals surface area contributed by atoms with Crippen molar-refractivity contribution in [3.05, 3.63) is 60.7 Å². The number of hydrogen-bond donors (Lipinski definition) is 0. The highest BCUT2D eigenvalue weighted by Crippen LogP contribution is 1.96. The van der Waals surface area contributed by atoms with E-state index in [4.69, 9.17) is 0 Å². The van der Waals surface area contributed by atoms with E-state index in [1.807, 2.05) is 35.2 Å². The van der Waals surface area contributed by atoms with Crippen LogP contribution in [0.3, 0.4) is 0 Å². The van der Waals surface area contributed by atoms with E-state index in [0.29, 0.717) is 12.1 Å². The number of aromatic nitrogens is 2. The van der Waals surface area contributed by atoms with E-state index in [-0.39, 0.29) is 29.8 Å². The predicted octanol–water partition coefficient (Wildman–Crippen LogP) is 1.87. The van der Waals surface area contributed by atoms with Gasteiger partial charge in [0.1, 0.15) is 0 Å². The highest BCUT2D eigenvalue weighted by atomic mass is 127. The molecule has 0 aliphatic heterocycles. The van der Waals surface area contributed by atoms with Crippen LogP contribution in [-0.4, -0.2) is 10.8 Å². The number of carbonyl (C=O) groups excluding carboxylic acids is 1.